The number of morpholine rings is 1. The molecule has 116 valence electrons. The third-order valence-electron chi connectivity index (χ3n) is 3.87. The standard InChI is InChI=1S/C18H22N2O2/c1-14-7-8-17(15(2)19-14)22-18-6-4-3-5-16(18)13-20-9-11-21-12-10-20/h3-8H,9-13H2,1-2H3. The first-order chi connectivity index (χ1) is 10.7. The van der Waals surface area contributed by atoms with E-state index in [1.165, 1.54) is 5.56 Å². The van der Waals surface area contributed by atoms with Crippen LogP contribution < -0.4 is 4.74 Å². The Bertz CT molecular complexity index is 637. The fourth-order valence-electron chi connectivity index (χ4n) is 2.63. The summed E-state index contributed by atoms with van der Waals surface area (Å²) in [6.45, 7) is 8.42. The van der Waals surface area contributed by atoms with E-state index in [0.717, 1.165) is 55.7 Å². The van der Waals surface area contributed by atoms with Gasteiger partial charge in [-0.1, -0.05) is 18.2 Å². The number of hydrogen-bond donors (Lipinski definition) is 0. The van der Waals surface area contributed by atoms with Crippen molar-refractivity contribution in [3.05, 3.63) is 53.3 Å². The van der Waals surface area contributed by atoms with Crippen LogP contribution in [0, 0.1) is 13.8 Å². The zero-order valence-electron chi connectivity index (χ0n) is 13.2. The molecule has 1 aliphatic rings. The van der Waals surface area contributed by atoms with E-state index in [1.54, 1.807) is 0 Å². The van der Waals surface area contributed by atoms with Crippen molar-refractivity contribution in [1.29, 1.82) is 0 Å². The summed E-state index contributed by atoms with van der Waals surface area (Å²) < 4.78 is 11.5. The molecule has 0 aliphatic carbocycles. The van der Waals surface area contributed by atoms with Gasteiger partial charge < -0.3 is 9.47 Å². The normalized spacial score (nSPS) is 15.7. The van der Waals surface area contributed by atoms with Crippen LogP contribution in [0.4, 0.5) is 0 Å². The van der Waals surface area contributed by atoms with Crippen LogP contribution in [-0.4, -0.2) is 36.2 Å². The van der Waals surface area contributed by atoms with Crippen LogP contribution in [0.15, 0.2) is 36.4 Å². The Morgan fingerprint density at radius 1 is 1.05 bits per heavy atom. The number of aromatic nitrogens is 1. The summed E-state index contributed by atoms with van der Waals surface area (Å²) in [6, 6.07) is 12.2. The lowest BCUT2D eigenvalue weighted by atomic mass is 10.2. The number of aryl methyl sites for hydroxylation is 2. The van der Waals surface area contributed by atoms with Crippen LogP contribution in [0.3, 0.4) is 0 Å². The lowest BCUT2D eigenvalue weighted by Crippen LogP contribution is -2.35. The molecule has 0 bridgehead atoms. The van der Waals surface area contributed by atoms with Crippen LogP contribution in [0.25, 0.3) is 0 Å². The van der Waals surface area contributed by atoms with Crippen LogP contribution in [-0.2, 0) is 11.3 Å². The van der Waals surface area contributed by atoms with Crippen molar-refractivity contribution in [1.82, 2.24) is 9.88 Å². The number of nitrogens with zero attached hydrogens (tertiary/aromatic N) is 2. The molecule has 0 unspecified atom stereocenters. The number of ether oxygens (including phenoxy) is 2. The van der Waals surface area contributed by atoms with E-state index in [1.807, 2.05) is 38.1 Å². The number of para-hydroxylation sites is 1. The second-order valence-electron chi connectivity index (χ2n) is 5.63. The average Bonchev–Trinajstić information content (AvgIpc) is 2.53. The van der Waals surface area contributed by atoms with Gasteiger partial charge in [0.25, 0.3) is 0 Å². The van der Waals surface area contributed by atoms with Crippen molar-refractivity contribution >= 4 is 0 Å². The van der Waals surface area contributed by atoms with Crippen LogP contribution in [0.1, 0.15) is 17.0 Å². The molecule has 2 aromatic rings. The molecule has 1 aromatic heterocycles. The van der Waals surface area contributed by atoms with Crippen LogP contribution >= 0.6 is 0 Å². The second-order valence-corrected chi connectivity index (χ2v) is 5.63. The van der Waals surface area contributed by atoms with Gasteiger partial charge in [-0.2, -0.15) is 0 Å². The molecule has 0 radical (unpaired) electrons. The smallest absolute Gasteiger partial charge is 0.148 e. The predicted octanol–water partition coefficient (Wildman–Crippen LogP) is 3.32. The van der Waals surface area contributed by atoms with E-state index >= 15 is 0 Å². The molecule has 3 rings (SSSR count). The Balaban J connectivity index is 1.78. The summed E-state index contributed by atoms with van der Waals surface area (Å²) in [5.74, 6) is 1.72. The molecule has 1 saturated heterocycles. The van der Waals surface area contributed by atoms with Crippen molar-refractivity contribution < 1.29 is 9.47 Å². The summed E-state index contributed by atoms with van der Waals surface area (Å²) in [4.78, 5) is 6.86. The van der Waals surface area contributed by atoms with Crippen molar-refractivity contribution in [2.24, 2.45) is 0 Å². The van der Waals surface area contributed by atoms with Gasteiger partial charge in [0, 0.05) is 30.9 Å². The Morgan fingerprint density at radius 3 is 2.59 bits per heavy atom. The highest BCUT2D eigenvalue weighted by Gasteiger charge is 2.14. The van der Waals surface area contributed by atoms with Crippen molar-refractivity contribution in [2.75, 3.05) is 26.3 Å². The molecule has 1 aliphatic heterocycles. The van der Waals surface area contributed by atoms with Gasteiger partial charge >= 0.3 is 0 Å². The first-order valence-corrected chi connectivity index (χ1v) is 7.72. The molecule has 0 spiro atoms. The van der Waals surface area contributed by atoms with Crippen molar-refractivity contribution in [2.45, 2.75) is 20.4 Å². The fraction of sp³-hybridized carbons (Fsp3) is 0.389. The Hall–Kier alpha value is -1.91. The van der Waals surface area contributed by atoms with Gasteiger partial charge in [-0.25, -0.2) is 0 Å². The summed E-state index contributed by atoms with van der Waals surface area (Å²) in [5, 5.41) is 0. The molecule has 2 heterocycles. The monoisotopic (exact) mass is 298 g/mol. The third-order valence-corrected chi connectivity index (χ3v) is 3.87. The van der Waals surface area contributed by atoms with E-state index in [9.17, 15) is 0 Å². The van der Waals surface area contributed by atoms with E-state index in [0.29, 0.717) is 0 Å². The van der Waals surface area contributed by atoms with Gasteiger partial charge in [-0.15, -0.1) is 0 Å². The quantitative estimate of drug-likeness (QED) is 0.867. The first kappa shape index (κ1) is 15.0. The van der Waals surface area contributed by atoms with Crippen molar-refractivity contribution in [3.8, 4) is 11.5 Å². The topological polar surface area (TPSA) is 34.6 Å². The highest BCUT2D eigenvalue weighted by Crippen LogP contribution is 2.28. The van der Waals surface area contributed by atoms with Crippen LogP contribution in [0.2, 0.25) is 0 Å². The molecule has 0 atom stereocenters. The maximum Gasteiger partial charge on any atom is 0.148 e. The Labute approximate surface area is 131 Å². The molecular formula is C18H22N2O2. The minimum atomic E-state index is 0.810. The summed E-state index contributed by atoms with van der Waals surface area (Å²) in [6.07, 6.45) is 0. The van der Waals surface area contributed by atoms with Gasteiger partial charge in [0.15, 0.2) is 0 Å². The van der Waals surface area contributed by atoms with Gasteiger partial charge in [0.2, 0.25) is 0 Å². The highest BCUT2D eigenvalue weighted by atomic mass is 16.5. The molecule has 4 nitrogen and oxygen atoms in total. The number of rotatable bonds is 4. The maximum absolute atomic E-state index is 6.12. The molecule has 0 amide bonds. The highest BCUT2D eigenvalue weighted by molar-refractivity contribution is 5.39. The largest absolute Gasteiger partial charge is 0.455 e. The summed E-state index contributed by atoms with van der Waals surface area (Å²) in [5.41, 5.74) is 3.12. The molecule has 22 heavy (non-hydrogen) atoms. The molecule has 1 fully saturated rings. The maximum atomic E-state index is 6.12. The minimum absolute atomic E-state index is 0.810. The average molecular weight is 298 g/mol. The third kappa shape index (κ3) is 3.64. The van der Waals surface area contributed by atoms with E-state index in [-0.39, 0.29) is 0 Å². The summed E-state index contributed by atoms with van der Waals surface area (Å²) in [7, 11) is 0. The van der Waals surface area contributed by atoms with E-state index in [2.05, 4.69) is 22.0 Å². The van der Waals surface area contributed by atoms with Crippen molar-refractivity contribution in [3.63, 3.8) is 0 Å². The first-order valence-electron chi connectivity index (χ1n) is 7.72. The van der Waals surface area contributed by atoms with Gasteiger partial charge in [-0.3, -0.25) is 9.88 Å². The van der Waals surface area contributed by atoms with Crippen LogP contribution in [0.5, 0.6) is 11.5 Å². The SMILES string of the molecule is Cc1ccc(Oc2ccccc2CN2CCOCC2)c(C)n1. The van der Waals surface area contributed by atoms with Gasteiger partial charge in [-0.05, 0) is 32.0 Å². The fourth-order valence-corrected chi connectivity index (χ4v) is 2.63. The predicted molar refractivity (Wildman–Crippen MR) is 86.3 cm³/mol. The zero-order valence-corrected chi connectivity index (χ0v) is 13.2. The molecule has 4 heteroatoms. The molecule has 0 N–H and O–H groups in total. The Morgan fingerprint density at radius 2 is 1.82 bits per heavy atom. The zero-order chi connectivity index (χ0) is 15.4. The van der Waals surface area contributed by atoms with E-state index in [4.69, 9.17) is 9.47 Å². The Kier molecular flexibility index (Phi) is 4.71. The lowest BCUT2D eigenvalue weighted by molar-refractivity contribution is 0.0339. The minimum Gasteiger partial charge on any atom is -0.455 e. The number of hydrogen-bond acceptors (Lipinski definition) is 4. The van der Waals surface area contributed by atoms with Gasteiger partial charge in [0.1, 0.15) is 11.5 Å². The number of pyridine rings is 1. The summed E-state index contributed by atoms with van der Waals surface area (Å²) >= 11 is 0. The molecule has 0 saturated carbocycles. The van der Waals surface area contributed by atoms with Gasteiger partial charge in [0.05, 0.1) is 18.9 Å². The molecule has 1 aromatic carbocycles. The molecular weight excluding hydrogens is 276 g/mol. The lowest BCUT2D eigenvalue weighted by Gasteiger charge is -2.27. The second kappa shape index (κ2) is 6.90. The number of benzene rings is 1. The van der Waals surface area contributed by atoms with E-state index < -0.39 is 0 Å².